The molecule has 0 aliphatic rings. The highest BCUT2D eigenvalue weighted by atomic mass is 79.9. The molecule has 66 valence electrons. The van der Waals surface area contributed by atoms with E-state index in [0.29, 0.717) is 0 Å². The first-order valence-corrected chi connectivity index (χ1v) is 5.29. The van der Waals surface area contributed by atoms with Gasteiger partial charge >= 0.3 is 0 Å². The Morgan fingerprint density at radius 3 is 2.46 bits per heavy atom. The molecule has 1 aromatic heterocycles. The van der Waals surface area contributed by atoms with Crippen molar-refractivity contribution >= 4 is 27.3 Å². The van der Waals surface area contributed by atoms with Crippen molar-refractivity contribution in [2.75, 3.05) is 0 Å². The third-order valence-electron chi connectivity index (χ3n) is 1.63. The molecule has 0 aliphatic heterocycles. The van der Waals surface area contributed by atoms with Crippen LogP contribution in [0.3, 0.4) is 0 Å². The number of thiazole rings is 1. The molecule has 0 aliphatic carbocycles. The van der Waals surface area contributed by atoms with E-state index in [2.05, 4.69) is 20.9 Å². The fourth-order valence-electron chi connectivity index (χ4n) is 1.02. The minimum atomic E-state index is -0.218. The third kappa shape index (κ3) is 1.78. The zero-order chi connectivity index (χ0) is 9.26. The normalized spacial score (nSPS) is 10.3. The Kier molecular flexibility index (Phi) is 2.42. The van der Waals surface area contributed by atoms with E-state index in [-0.39, 0.29) is 5.82 Å². The summed E-state index contributed by atoms with van der Waals surface area (Å²) in [5.41, 5.74) is 2.73. The molecule has 1 aromatic carbocycles. The van der Waals surface area contributed by atoms with Gasteiger partial charge in [0.05, 0.1) is 10.4 Å². The standard InChI is InChI=1S/C9H5BrFNS/c10-9-8(13-5-12-9)6-1-3-7(11)4-2-6/h1-5H. The average Bonchev–Trinajstić information content (AvgIpc) is 2.53. The highest BCUT2D eigenvalue weighted by Crippen LogP contribution is 2.30. The molecule has 0 N–H and O–H groups in total. The molecule has 0 spiro atoms. The molecule has 0 atom stereocenters. The molecule has 1 nitrogen and oxygen atoms in total. The minimum absolute atomic E-state index is 0.218. The Labute approximate surface area is 87.4 Å². The maximum atomic E-state index is 12.6. The molecule has 0 unspecified atom stereocenters. The van der Waals surface area contributed by atoms with Gasteiger partial charge in [-0.15, -0.1) is 11.3 Å². The van der Waals surface area contributed by atoms with E-state index in [1.807, 2.05) is 0 Å². The summed E-state index contributed by atoms with van der Waals surface area (Å²) in [7, 11) is 0. The summed E-state index contributed by atoms with van der Waals surface area (Å²) in [6, 6.07) is 6.38. The van der Waals surface area contributed by atoms with Crippen LogP contribution in [0.5, 0.6) is 0 Å². The van der Waals surface area contributed by atoms with Gasteiger partial charge in [-0.25, -0.2) is 9.37 Å². The van der Waals surface area contributed by atoms with Crippen LogP contribution in [0.15, 0.2) is 34.4 Å². The highest BCUT2D eigenvalue weighted by Gasteiger charge is 2.04. The van der Waals surface area contributed by atoms with Crippen LogP contribution in [-0.4, -0.2) is 4.98 Å². The quantitative estimate of drug-likeness (QED) is 0.759. The predicted molar refractivity (Wildman–Crippen MR) is 55.2 cm³/mol. The summed E-state index contributed by atoms with van der Waals surface area (Å²) in [5, 5.41) is 0. The van der Waals surface area contributed by atoms with Gasteiger partial charge in [0.15, 0.2) is 0 Å². The first kappa shape index (κ1) is 8.84. The second-order valence-electron chi connectivity index (χ2n) is 2.48. The maximum Gasteiger partial charge on any atom is 0.124 e. The van der Waals surface area contributed by atoms with Crippen molar-refractivity contribution in [3.05, 3.63) is 40.2 Å². The van der Waals surface area contributed by atoms with Gasteiger partial charge in [0.25, 0.3) is 0 Å². The number of nitrogens with zero attached hydrogens (tertiary/aromatic N) is 1. The van der Waals surface area contributed by atoms with Crippen molar-refractivity contribution < 1.29 is 4.39 Å². The summed E-state index contributed by atoms with van der Waals surface area (Å²) in [4.78, 5) is 5.08. The lowest BCUT2D eigenvalue weighted by Crippen LogP contribution is -1.75. The first-order valence-electron chi connectivity index (χ1n) is 3.62. The van der Waals surface area contributed by atoms with E-state index >= 15 is 0 Å². The second-order valence-corrected chi connectivity index (χ2v) is 4.09. The lowest BCUT2D eigenvalue weighted by atomic mass is 10.2. The fraction of sp³-hybridized carbons (Fsp3) is 0. The van der Waals surface area contributed by atoms with Crippen molar-refractivity contribution in [2.24, 2.45) is 0 Å². The van der Waals surface area contributed by atoms with Crippen LogP contribution in [0.4, 0.5) is 4.39 Å². The number of hydrogen-bond acceptors (Lipinski definition) is 2. The second kappa shape index (κ2) is 3.55. The Balaban J connectivity index is 2.47. The zero-order valence-electron chi connectivity index (χ0n) is 6.50. The number of halogens is 2. The zero-order valence-corrected chi connectivity index (χ0v) is 8.90. The fourth-order valence-corrected chi connectivity index (χ4v) is 2.45. The molecule has 0 radical (unpaired) electrons. The maximum absolute atomic E-state index is 12.6. The minimum Gasteiger partial charge on any atom is -0.237 e. The average molecular weight is 258 g/mol. The van der Waals surface area contributed by atoms with Gasteiger partial charge in [-0.2, -0.15) is 0 Å². The summed E-state index contributed by atoms with van der Waals surface area (Å²) >= 11 is 4.86. The Bertz CT molecular complexity index is 410. The SMILES string of the molecule is Fc1ccc(-c2scnc2Br)cc1. The van der Waals surface area contributed by atoms with E-state index in [4.69, 9.17) is 0 Å². The molecule has 0 fully saturated rings. The summed E-state index contributed by atoms with van der Waals surface area (Å²) < 4.78 is 13.4. The molecule has 2 rings (SSSR count). The van der Waals surface area contributed by atoms with E-state index in [0.717, 1.165) is 15.0 Å². The smallest absolute Gasteiger partial charge is 0.124 e. The number of benzene rings is 1. The Morgan fingerprint density at radius 2 is 1.92 bits per heavy atom. The monoisotopic (exact) mass is 257 g/mol. The lowest BCUT2D eigenvalue weighted by Gasteiger charge is -1.96. The van der Waals surface area contributed by atoms with E-state index in [1.54, 1.807) is 17.6 Å². The lowest BCUT2D eigenvalue weighted by molar-refractivity contribution is 0.628. The van der Waals surface area contributed by atoms with Crippen molar-refractivity contribution in [1.29, 1.82) is 0 Å². The van der Waals surface area contributed by atoms with Gasteiger partial charge in [-0.05, 0) is 33.6 Å². The number of rotatable bonds is 1. The van der Waals surface area contributed by atoms with Crippen LogP contribution in [-0.2, 0) is 0 Å². The van der Waals surface area contributed by atoms with Crippen molar-refractivity contribution in [2.45, 2.75) is 0 Å². The molecule has 4 heteroatoms. The van der Waals surface area contributed by atoms with Crippen molar-refractivity contribution in [3.8, 4) is 10.4 Å². The van der Waals surface area contributed by atoms with Gasteiger partial charge in [-0.1, -0.05) is 12.1 Å². The van der Waals surface area contributed by atoms with Crippen molar-refractivity contribution in [1.82, 2.24) is 4.98 Å². The number of hydrogen-bond donors (Lipinski definition) is 0. The number of aromatic nitrogens is 1. The highest BCUT2D eigenvalue weighted by molar-refractivity contribution is 9.10. The molecular formula is C9H5BrFNS. The van der Waals surface area contributed by atoms with Crippen LogP contribution in [0.2, 0.25) is 0 Å². The van der Waals surface area contributed by atoms with Gasteiger partial charge in [-0.3, -0.25) is 0 Å². The summed E-state index contributed by atoms with van der Waals surface area (Å²) in [6.07, 6.45) is 0. The molecular weight excluding hydrogens is 253 g/mol. The molecule has 1 heterocycles. The van der Waals surface area contributed by atoms with Crippen LogP contribution >= 0.6 is 27.3 Å². The van der Waals surface area contributed by atoms with Crippen LogP contribution in [0.25, 0.3) is 10.4 Å². The summed E-state index contributed by atoms with van der Waals surface area (Å²) in [5.74, 6) is -0.218. The predicted octanol–water partition coefficient (Wildman–Crippen LogP) is 3.71. The van der Waals surface area contributed by atoms with Gasteiger partial charge in [0.2, 0.25) is 0 Å². The van der Waals surface area contributed by atoms with Crippen LogP contribution < -0.4 is 0 Å². The van der Waals surface area contributed by atoms with E-state index < -0.39 is 0 Å². The van der Waals surface area contributed by atoms with Gasteiger partial charge in [0.1, 0.15) is 10.4 Å². The topological polar surface area (TPSA) is 12.9 Å². The van der Waals surface area contributed by atoms with Gasteiger partial charge in [0, 0.05) is 0 Å². The van der Waals surface area contributed by atoms with E-state index in [9.17, 15) is 4.39 Å². The van der Waals surface area contributed by atoms with Gasteiger partial charge < -0.3 is 0 Å². The molecule has 0 amide bonds. The molecule has 2 aromatic rings. The molecule has 0 saturated heterocycles. The molecule has 13 heavy (non-hydrogen) atoms. The van der Waals surface area contributed by atoms with Crippen molar-refractivity contribution in [3.63, 3.8) is 0 Å². The molecule has 0 saturated carbocycles. The Hall–Kier alpha value is -0.740. The molecule has 0 bridgehead atoms. The van der Waals surface area contributed by atoms with Crippen LogP contribution in [0.1, 0.15) is 0 Å². The summed E-state index contributed by atoms with van der Waals surface area (Å²) in [6.45, 7) is 0. The first-order chi connectivity index (χ1) is 6.27. The Morgan fingerprint density at radius 1 is 1.23 bits per heavy atom. The van der Waals surface area contributed by atoms with E-state index in [1.165, 1.54) is 23.5 Å². The van der Waals surface area contributed by atoms with Crippen LogP contribution in [0, 0.1) is 5.82 Å². The largest absolute Gasteiger partial charge is 0.237 e. The third-order valence-corrected chi connectivity index (χ3v) is 3.37.